The quantitative estimate of drug-likeness (QED) is 0.188. The molecule has 0 spiro atoms. The van der Waals surface area contributed by atoms with E-state index in [2.05, 4.69) is 20.3 Å². The van der Waals surface area contributed by atoms with Crippen molar-refractivity contribution < 1.29 is 23.8 Å². The number of nitro groups is 1. The van der Waals surface area contributed by atoms with Crippen LogP contribution in [0.3, 0.4) is 0 Å². The molecule has 1 aromatic heterocycles. The first kappa shape index (κ1) is 21.0. The fourth-order valence-corrected chi connectivity index (χ4v) is 3.38. The second kappa shape index (κ2) is 8.88. The van der Waals surface area contributed by atoms with Gasteiger partial charge in [0.2, 0.25) is 5.52 Å². The lowest BCUT2D eigenvalue weighted by Gasteiger charge is -2.13. The standard InChI is InChI=1S/C22H20N4O6/c1-13(14-3-4-16-12-17(30-2)6-5-15(16)11-14)22(27)31-10-9-23-18-7-8-19(26(28)29)21-20(18)24-32-25-21/h3-8,11-13,23H,9-10H2,1-2H3/t13-/m0/s1. The molecule has 0 aliphatic heterocycles. The van der Waals surface area contributed by atoms with Crippen LogP contribution in [0.25, 0.3) is 21.8 Å². The Balaban J connectivity index is 1.35. The van der Waals surface area contributed by atoms with Crippen LogP contribution in [0.5, 0.6) is 5.75 Å². The molecule has 0 fully saturated rings. The molecule has 1 atom stereocenters. The Morgan fingerprint density at radius 1 is 1.12 bits per heavy atom. The van der Waals surface area contributed by atoms with Gasteiger partial charge in [-0.25, -0.2) is 4.63 Å². The van der Waals surface area contributed by atoms with E-state index in [1.54, 1.807) is 14.0 Å². The molecule has 0 unspecified atom stereocenters. The Morgan fingerprint density at radius 2 is 1.88 bits per heavy atom. The summed E-state index contributed by atoms with van der Waals surface area (Å²) in [6.45, 7) is 2.19. The Kier molecular flexibility index (Phi) is 5.84. The van der Waals surface area contributed by atoms with Crippen LogP contribution >= 0.6 is 0 Å². The highest BCUT2D eigenvalue weighted by atomic mass is 16.6. The van der Waals surface area contributed by atoms with E-state index in [4.69, 9.17) is 9.47 Å². The van der Waals surface area contributed by atoms with Gasteiger partial charge >= 0.3 is 11.7 Å². The molecule has 1 N–H and O–H groups in total. The highest BCUT2D eigenvalue weighted by molar-refractivity contribution is 5.93. The molecular weight excluding hydrogens is 416 g/mol. The average Bonchev–Trinajstić information content (AvgIpc) is 3.30. The first-order valence-corrected chi connectivity index (χ1v) is 9.86. The van der Waals surface area contributed by atoms with Crippen molar-refractivity contribution in [3.05, 3.63) is 64.2 Å². The predicted molar refractivity (Wildman–Crippen MR) is 117 cm³/mol. The third-order valence-corrected chi connectivity index (χ3v) is 5.18. The second-order valence-corrected chi connectivity index (χ2v) is 7.14. The summed E-state index contributed by atoms with van der Waals surface area (Å²) in [5.74, 6) is -0.0131. The van der Waals surface area contributed by atoms with Crippen molar-refractivity contribution >= 4 is 39.1 Å². The molecule has 32 heavy (non-hydrogen) atoms. The summed E-state index contributed by atoms with van der Waals surface area (Å²) in [4.78, 5) is 23.0. The van der Waals surface area contributed by atoms with Gasteiger partial charge in [-0.15, -0.1) is 0 Å². The third kappa shape index (κ3) is 4.15. The van der Waals surface area contributed by atoms with Crippen LogP contribution in [0.1, 0.15) is 18.4 Å². The zero-order valence-corrected chi connectivity index (χ0v) is 17.4. The maximum Gasteiger partial charge on any atom is 0.313 e. The minimum Gasteiger partial charge on any atom is -0.497 e. The number of hydrogen-bond donors (Lipinski definition) is 1. The van der Waals surface area contributed by atoms with Gasteiger partial charge in [0.1, 0.15) is 12.4 Å². The number of nitrogens with one attached hydrogen (secondary N) is 1. The molecule has 0 aliphatic carbocycles. The van der Waals surface area contributed by atoms with Gasteiger partial charge in [0.15, 0.2) is 5.52 Å². The van der Waals surface area contributed by atoms with Gasteiger partial charge in [-0.05, 0) is 51.8 Å². The van der Waals surface area contributed by atoms with E-state index in [1.807, 2.05) is 36.4 Å². The minimum atomic E-state index is -0.553. The van der Waals surface area contributed by atoms with Crippen molar-refractivity contribution in [2.75, 3.05) is 25.6 Å². The van der Waals surface area contributed by atoms with E-state index in [-0.39, 0.29) is 35.8 Å². The number of aromatic nitrogens is 2. The molecule has 0 saturated heterocycles. The zero-order valence-electron chi connectivity index (χ0n) is 17.4. The molecular formula is C22H20N4O6. The fourth-order valence-electron chi connectivity index (χ4n) is 3.38. The number of carbonyl (C=O) groups is 1. The SMILES string of the molecule is COc1ccc2cc([C@H](C)C(=O)OCCNc3ccc([N+](=O)[O-])c4nonc34)ccc2c1. The highest BCUT2D eigenvalue weighted by Crippen LogP contribution is 2.29. The topological polar surface area (TPSA) is 130 Å². The summed E-state index contributed by atoms with van der Waals surface area (Å²) in [6, 6.07) is 14.4. The fraction of sp³-hybridized carbons (Fsp3) is 0.227. The number of methoxy groups -OCH3 is 1. The largest absolute Gasteiger partial charge is 0.497 e. The van der Waals surface area contributed by atoms with Crippen molar-refractivity contribution in [2.45, 2.75) is 12.8 Å². The number of carbonyl (C=O) groups excluding carboxylic acids is 1. The van der Waals surface area contributed by atoms with E-state index in [1.165, 1.54) is 12.1 Å². The van der Waals surface area contributed by atoms with Gasteiger partial charge in [0.05, 0.1) is 23.6 Å². The lowest BCUT2D eigenvalue weighted by atomic mass is 9.98. The number of benzene rings is 3. The monoisotopic (exact) mass is 436 g/mol. The summed E-state index contributed by atoms with van der Waals surface area (Å²) >= 11 is 0. The molecule has 0 saturated carbocycles. The van der Waals surface area contributed by atoms with Crippen LogP contribution in [0, 0.1) is 10.1 Å². The molecule has 3 aromatic carbocycles. The molecule has 1 heterocycles. The Bertz CT molecular complexity index is 1300. The first-order chi connectivity index (χ1) is 15.5. The van der Waals surface area contributed by atoms with Crippen molar-refractivity contribution in [1.29, 1.82) is 0 Å². The molecule has 0 radical (unpaired) electrons. The maximum atomic E-state index is 12.5. The number of ether oxygens (including phenoxy) is 2. The van der Waals surface area contributed by atoms with Gasteiger partial charge in [-0.2, -0.15) is 0 Å². The van der Waals surface area contributed by atoms with E-state index < -0.39 is 10.8 Å². The van der Waals surface area contributed by atoms with Gasteiger partial charge in [0.25, 0.3) is 0 Å². The molecule has 4 rings (SSSR count). The minimum absolute atomic E-state index is 0.0551. The predicted octanol–water partition coefficient (Wildman–Crippen LogP) is 4.05. The lowest BCUT2D eigenvalue weighted by Crippen LogP contribution is -2.18. The van der Waals surface area contributed by atoms with Crippen LogP contribution in [-0.2, 0) is 9.53 Å². The van der Waals surface area contributed by atoms with E-state index >= 15 is 0 Å². The van der Waals surface area contributed by atoms with Crippen molar-refractivity contribution in [3.8, 4) is 5.75 Å². The summed E-state index contributed by atoms with van der Waals surface area (Å²) in [5, 5.41) is 23.4. The Hall–Kier alpha value is -4.21. The van der Waals surface area contributed by atoms with Crippen LogP contribution in [-0.4, -0.2) is 41.5 Å². The number of nitro benzene ring substituents is 1. The summed E-state index contributed by atoms with van der Waals surface area (Å²) in [7, 11) is 1.62. The number of esters is 1. The number of non-ortho nitro benzene ring substituents is 1. The second-order valence-electron chi connectivity index (χ2n) is 7.14. The Labute approximate surface area is 182 Å². The first-order valence-electron chi connectivity index (χ1n) is 9.86. The highest BCUT2D eigenvalue weighted by Gasteiger charge is 2.20. The van der Waals surface area contributed by atoms with E-state index in [0.29, 0.717) is 5.69 Å². The summed E-state index contributed by atoms with van der Waals surface area (Å²) in [5.41, 5.74) is 1.46. The van der Waals surface area contributed by atoms with Crippen LogP contribution in [0.4, 0.5) is 11.4 Å². The number of hydrogen-bond acceptors (Lipinski definition) is 9. The van der Waals surface area contributed by atoms with Crippen LogP contribution in [0.15, 0.2) is 53.2 Å². The van der Waals surface area contributed by atoms with E-state index in [9.17, 15) is 14.9 Å². The lowest BCUT2D eigenvalue weighted by molar-refractivity contribution is -0.383. The van der Waals surface area contributed by atoms with Gasteiger partial charge in [0, 0.05) is 12.6 Å². The summed E-state index contributed by atoms with van der Waals surface area (Å²) < 4.78 is 15.3. The molecule has 4 aromatic rings. The van der Waals surface area contributed by atoms with Gasteiger partial charge < -0.3 is 14.8 Å². The number of nitrogens with zero attached hydrogens (tertiary/aromatic N) is 3. The smallest absolute Gasteiger partial charge is 0.313 e. The zero-order chi connectivity index (χ0) is 22.7. The average molecular weight is 436 g/mol. The molecule has 10 heteroatoms. The number of anilines is 1. The van der Waals surface area contributed by atoms with Crippen LogP contribution in [0.2, 0.25) is 0 Å². The maximum absolute atomic E-state index is 12.5. The van der Waals surface area contributed by atoms with Crippen molar-refractivity contribution in [2.24, 2.45) is 0 Å². The Morgan fingerprint density at radius 3 is 2.66 bits per heavy atom. The summed E-state index contributed by atoms with van der Waals surface area (Å²) in [6.07, 6.45) is 0. The molecule has 164 valence electrons. The van der Waals surface area contributed by atoms with Crippen LogP contribution < -0.4 is 10.1 Å². The normalized spacial score (nSPS) is 11.9. The van der Waals surface area contributed by atoms with Gasteiger partial charge in [-0.1, -0.05) is 24.3 Å². The van der Waals surface area contributed by atoms with Crippen molar-refractivity contribution in [3.63, 3.8) is 0 Å². The van der Waals surface area contributed by atoms with Crippen molar-refractivity contribution in [1.82, 2.24) is 10.3 Å². The van der Waals surface area contributed by atoms with Gasteiger partial charge in [-0.3, -0.25) is 14.9 Å². The number of fused-ring (bicyclic) bond motifs is 2. The molecule has 0 amide bonds. The molecule has 10 nitrogen and oxygen atoms in total. The van der Waals surface area contributed by atoms with E-state index in [0.717, 1.165) is 22.1 Å². The third-order valence-electron chi connectivity index (χ3n) is 5.18. The molecule has 0 bridgehead atoms. The number of rotatable bonds is 8. The molecule has 0 aliphatic rings.